The molecule has 1 amide bonds. The van der Waals surface area contributed by atoms with Gasteiger partial charge in [0.1, 0.15) is 17.3 Å². The molecule has 0 saturated carbocycles. The van der Waals surface area contributed by atoms with E-state index in [0.29, 0.717) is 29.4 Å². The van der Waals surface area contributed by atoms with Crippen molar-refractivity contribution in [2.24, 2.45) is 0 Å². The van der Waals surface area contributed by atoms with Crippen molar-refractivity contribution < 1.29 is 33.0 Å². The van der Waals surface area contributed by atoms with Crippen LogP contribution in [0.4, 0.5) is 8.78 Å². The van der Waals surface area contributed by atoms with E-state index in [4.69, 9.17) is 26.2 Å². The monoisotopic (exact) mass is 504 g/mol. The van der Waals surface area contributed by atoms with Crippen molar-refractivity contribution in [1.29, 1.82) is 0 Å². The van der Waals surface area contributed by atoms with Gasteiger partial charge in [-0.15, -0.1) is 0 Å². The normalized spacial score (nSPS) is 11.6. The van der Waals surface area contributed by atoms with Gasteiger partial charge >= 0.3 is 5.97 Å². The molecule has 10 heteroatoms. The summed E-state index contributed by atoms with van der Waals surface area (Å²) in [6.07, 6.45) is 1.72. The summed E-state index contributed by atoms with van der Waals surface area (Å²) in [5.74, 6) is -2.95. The van der Waals surface area contributed by atoms with Gasteiger partial charge in [0.25, 0.3) is 5.91 Å². The van der Waals surface area contributed by atoms with Crippen LogP contribution in [0.15, 0.2) is 48.7 Å². The average molecular weight is 505 g/mol. The highest BCUT2D eigenvalue weighted by Gasteiger charge is 2.29. The summed E-state index contributed by atoms with van der Waals surface area (Å²) in [6.45, 7) is 1.79. The predicted octanol–water partition coefficient (Wildman–Crippen LogP) is 5.52. The molecule has 3 rings (SSSR count). The molecule has 0 aliphatic carbocycles. The first-order valence-electron chi connectivity index (χ1n) is 10.6. The Kier molecular flexibility index (Phi) is 8.24. The standard InChI is InChI=1S/C25H23ClF2N2O5/c1-4-20(18-6-8-21(34-2)23(35-3)22(18)26)30(13-14-5-7-19(25(32)33)29-12-14)24(31)15-9-16(27)11-17(28)10-15/h5-12,20H,4,13H2,1-3H3,(H,32,33)/t20-/m0/s1. The molecule has 184 valence electrons. The second kappa shape index (κ2) is 11.1. The molecular formula is C25H23ClF2N2O5. The van der Waals surface area contributed by atoms with Crippen molar-refractivity contribution in [2.45, 2.75) is 25.9 Å². The van der Waals surface area contributed by atoms with Crippen LogP contribution in [0.1, 0.15) is 51.4 Å². The topological polar surface area (TPSA) is 89.0 Å². The summed E-state index contributed by atoms with van der Waals surface area (Å²) in [7, 11) is 2.90. The smallest absolute Gasteiger partial charge is 0.354 e. The Labute approximate surface area is 205 Å². The molecule has 0 aliphatic rings. The van der Waals surface area contributed by atoms with Gasteiger partial charge in [-0.05, 0) is 41.8 Å². The number of hydrogen-bond donors (Lipinski definition) is 1. The number of methoxy groups -OCH3 is 2. The van der Waals surface area contributed by atoms with Crippen molar-refractivity contribution in [1.82, 2.24) is 9.88 Å². The van der Waals surface area contributed by atoms with E-state index in [0.717, 1.165) is 12.1 Å². The maximum absolute atomic E-state index is 13.9. The molecule has 0 aliphatic heterocycles. The van der Waals surface area contributed by atoms with Gasteiger partial charge in [0.05, 0.1) is 25.3 Å². The van der Waals surface area contributed by atoms with E-state index in [1.165, 1.54) is 37.4 Å². The molecule has 35 heavy (non-hydrogen) atoms. The molecule has 3 aromatic rings. The third-order valence-electron chi connectivity index (χ3n) is 5.40. The number of carbonyl (C=O) groups excluding carboxylic acids is 1. The molecule has 7 nitrogen and oxygen atoms in total. The molecule has 2 aromatic carbocycles. The van der Waals surface area contributed by atoms with Gasteiger partial charge in [-0.25, -0.2) is 18.6 Å². The molecule has 0 fully saturated rings. The van der Waals surface area contributed by atoms with Crippen LogP contribution < -0.4 is 9.47 Å². The average Bonchev–Trinajstić information content (AvgIpc) is 2.83. The molecule has 0 unspecified atom stereocenters. The second-order valence-corrected chi connectivity index (χ2v) is 7.95. The lowest BCUT2D eigenvalue weighted by Gasteiger charge is -2.33. The third kappa shape index (κ3) is 5.68. The lowest BCUT2D eigenvalue weighted by Crippen LogP contribution is -2.34. The highest BCUT2D eigenvalue weighted by atomic mass is 35.5. The van der Waals surface area contributed by atoms with Crippen molar-refractivity contribution in [3.63, 3.8) is 0 Å². The largest absolute Gasteiger partial charge is 0.493 e. The predicted molar refractivity (Wildman–Crippen MR) is 125 cm³/mol. The Bertz CT molecular complexity index is 1220. The number of hydrogen-bond acceptors (Lipinski definition) is 5. The Morgan fingerprint density at radius 1 is 1.09 bits per heavy atom. The van der Waals surface area contributed by atoms with Crippen LogP contribution in [0.2, 0.25) is 5.02 Å². The number of halogens is 3. The minimum atomic E-state index is -1.19. The number of nitrogens with zero attached hydrogens (tertiary/aromatic N) is 2. The Morgan fingerprint density at radius 3 is 2.29 bits per heavy atom. The van der Waals surface area contributed by atoms with Gasteiger partial charge in [0.15, 0.2) is 11.5 Å². The Hall–Kier alpha value is -3.72. The van der Waals surface area contributed by atoms with Crippen molar-refractivity contribution in [3.05, 3.63) is 87.7 Å². The van der Waals surface area contributed by atoms with E-state index >= 15 is 0 Å². The Morgan fingerprint density at radius 2 is 1.77 bits per heavy atom. The fourth-order valence-corrected chi connectivity index (χ4v) is 4.14. The zero-order valence-corrected chi connectivity index (χ0v) is 20.0. The molecule has 1 heterocycles. The van der Waals surface area contributed by atoms with Crippen LogP contribution in [0.25, 0.3) is 0 Å². The van der Waals surface area contributed by atoms with E-state index in [1.807, 2.05) is 6.92 Å². The summed E-state index contributed by atoms with van der Waals surface area (Å²) in [5, 5.41) is 9.33. The number of carboxylic acid groups (broad SMARTS) is 1. The van der Waals surface area contributed by atoms with Crippen LogP contribution in [-0.4, -0.2) is 41.1 Å². The Balaban J connectivity index is 2.11. The molecule has 0 radical (unpaired) electrons. The van der Waals surface area contributed by atoms with Gasteiger partial charge in [-0.2, -0.15) is 0 Å². The number of pyridine rings is 1. The van der Waals surface area contributed by atoms with Gasteiger partial charge < -0.3 is 19.5 Å². The van der Waals surface area contributed by atoms with Crippen LogP contribution >= 0.6 is 11.6 Å². The zero-order chi connectivity index (χ0) is 25.7. The number of ether oxygens (including phenoxy) is 2. The molecule has 0 saturated heterocycles. The molecule has 1 N–H and O–H groups in total. The highest BCUT2D eigenvalue weighted by molar-refractivity contribution is 6.33. The van der Waals surface area contributed by atoms with E-state index in [1.54, 1.807) is 12.1 Å². The molecule has 1 atom stereocenters. The lowest BCUT2D eigenvalue weighted by atomic mass is 9.99. The minimum absolute atomic E-state index is 0.0347. The fraction of sp³-hybridized carbons (Fsp3) is 0.240. The number of carboxylic acids is 1. The zero-order valence-electron chi connectivity index (χ0n) is 19.2. The van der Waals surface area contributed by atoms with Gasteiger partial charge in [-0.3, -0.25) is 4.79 Å². The fourth-order valence-electron chi connectivity index (χ4n) is 3.78. The van der Waals surface area contributed by atoms with Crippen LogP contribution in [0, 0.1) is 11.6 Å². The van der Waals surface area contributed by atoms with Crippen molar-refractivity contribution in [2.75, 3.05) is 14.2 Å². The lowest BCUT2D eigenvalue weighted by molar-refractivity contribution is 0.0647. The summed E-state index contributed by atoms with van der Waals surface area (Å²) in [5.41, 5.74) is 0.698. The van der Waals surface area contributed by atoms with Gasteiger partial charge in [-0.1, -0.05) is 30.7 Å². The van der Waals surface area contributed by atoms with Gasteiger partial charge in [0, 0.05) is 24.4 Å². The molecule has 0 bridgehead atoms. The summed E-state index contributed by atoms with van der Waals surface area (Å²) in [6, 6.07) is 8.11. The summed E-state index contributed by atoms with van der Waals surface area (Å²) >= 11 is 6.63. The van der Waals surface area contributed by atoms with Crippen molar-refractivity contribution >= 4 is 23.5 Å². The van der Waals surface area contributed by atoms with E-state index in [9.17, 15) is 18.4 Å². The number of benzene rings is 2. The minimum Gasteiger partial charge on any atom is -0.493 e. The first kappa shape index (κ1) is 25.9. The maximum Gasteiger partial charge on any atom is 0.354 e. The van der Waals surface area contributed by atoms with Crippen LogP contribution in [0.5, 0.6) is 11.5 Å². The van der Waals surface area contributed by atoms with Crippen LogP contribution in [0.3, 0.4) is 0 Å². The number of rotatable bonds is 9. The first-order chi connectivity index (χ1) is 16.7. The summed E-state index contributed by atoms with van der Waals surface area (Å²) in [4.78, 5) is 30.0. The maximum atomic E-state index is 13.9. The van der Waals surface area contributed by atoms with E-state index < -0.39 is 29.6 Å². The molecule has 0 spiro atoms. The number of aromatic carboxylic acids is 1. The number of aromatic nitrogens is 1. The number of carbonyl (C=O) groups is 2. The van der Waals surface area contributed by atoms with Crippen LogP contribution in [-0.2, 0) is 6.54 Å². The quantitative estimate of drug-likeness (QED) is 0.412. The molecular weight excluding hydrogens is 482 g/mol. The third-order valence-corrected chi connectivity index (χ3v) is 5.79. The summed E-state index contributed by atoms with van der Waals surface area (Å²) < 4.78 is 38.5. The SMILES string of the molecule is CC[C@@H](c1ccc(OC)c(OC)c1Cl)N(Cc1ccc(C(=O)O)nc1)C(=O)c1cc(F)cc(F)c1. The highest BCUT2D eigenvalue weighted by Crippen LogP contribution is 2.42. The number of amides is 1. The first-order valence-corrected chi connectivity index (χ1v) is 10.9. The molecule has 1 aromatic heterocycles. The second-order valence-electron chi connectivity index (χ2n) is 7.58. The van der Waals surface area contributed by atoms with E-state index in [-0.39, 0.29) is 28.6 Å². The van der Waals surface area contributed by atoms with E-state index in [2.05, 4.69) is 4.98 Å². The van der Waals surface area contributed by atoms with Gasteiger partial charge in [0.2, 0.25) is 0 Å². The van der Waals surface area contributed by atoms with Crippen molar-refractivity contribution in [3.8, 4) is 11.5 Å².